The van der Waals surface area contributed by atoms with Gasteiger partial charge in [0, 0.05) is 12.3 Å². The predicted octanol–water partition coefficient (Wildman–Crippen LogP) is -0.111. The first-order chi connectivity index (χ1) is 13.6. The highest BCUT2D eigenvalue weighted by Gasteiger charge is 2.66. The van der Waals surface area contributed by atoms with E-state index in [4.69, 9.17) is 5.73 Å². The Labute approximate surface area is 166 Å². The number of fused-ring (bicyclic) bond motifs is 3. The molecule has 2 unspecified atom stereocenters. The van der Waals surface area contributed by atoms with E-state index in [-0.39, 0.29) is 24.2 Å². The molecule has 1 aromatic rings. The molecule has 152 valence electrons. The lowest BCUT2D eigenvalue weighted by atomic mass is 9.53. The molecule has 8 nitrogen and oxygen atoms in total. The molecule has 0 bridgehead atoms. The van der Waals surface area contributed by atoms with Crippen LogP contribution >= 0.6 is 0 Å². The van der Waals surface area contributed by atoms with E-state index in [1.165, 1.54) is 6.07 Å². The molecule has 3 aliphatic rings. The van der Waals surface area contributed by atoms with Crippen LogP contribution in [-0.4, -0.2) is 44.9 Å². The summed E-state index contributed by atoms with van der Waals surface area (Å²) in [5, 5.41) is 21.3. The molecular weight excluding hydrogens is 378 g/mol. The van der Waals surface area contributed by atoms with Gasteiger partial charge in [-0.25, -0.2) is 0 Å². The topological polar surface area (TPSA) is 152 Å². The number of phenols is 1. The average molecular weight is 399 g/mol. The van der Waals surface area contributed by atoms with E-state index < -0.39 is 58.3 Å². The first-order valence-corrected chi connectivity index (χ1v) is 9.63. The van der Waals surface area contributed by atoms with Crippen molar-refractivity contribution < 1.29 is 34.2 Å². The number of phenolic OH excluding ortho intramolecular Hbond substituents is 1. The number of ketones is 4. The molecule has 3 aliphatic carbocycles. The summed E-state index contributed by atoms with van der Waals surface area (Å²) in [6.45, 7) is 1.91. The molecule has 0 aromatic heterocycles. The third-order valence-electron chi connectivity index (χ3n) is 6.76. The number of carbonyl (C=O) groups excluding carboxylic acids is 5. The number of hydrogen-bond donors (Lipinski definition) is 3. The number of benzene rings is 1. The van der Waals surface area contributed by atoms with Crippen molar-refractivity contribution in [3.8, 4) is 5.75 Å². The van der Waals surface area contributed by atoms with Crippen molar-refractivity contribution in [3.05, 3.63) is 28.8 Å². The Morgan fingerprint density at radius 2 is 1.86 bits per heavy atom. The number of aryl methyl sites for hydroxylation is 1. The molecule has 0 aliphatic heterocycles. The maximum absolute atomic E-state index is 13.3. The van der Waals surface area contributed by atoms with Crippen LogP contribution in [0.2, 0.25) is 0 Å². The number of hydrogen-bond acceptors (Lipinski definition) is 7. The van der Waals surface area contributed by atoms with Crippen molar-refractivity contribution in [1.29, 1.82) is 0 Å². The maximum Gasteiger partial charge on any atom is 0.235 e. The van der Waals surface area contributed by atoms with Gasteiger partial charge in [0.1, 0.15) is 5.75 Å². The quantitative estimate of drug-likeness (QED) is 0.587. The second kappa shape index (κ2) is 6.32. The molecule has 1 amide bonds. The second-order valence-electron chi connectivity index (χ2n) is 8.19. The number of aliphatic hydroxyl groups is 1. The summed E-state index contributed by atoms with van der Waals surface area (Å²) in [5.74, 6) is -9.74. The van der Waals surface area contributed by atoms with Crippen LogP contribution in [0, 0.1) is 23.7 Å². The Bertz CT molecular complexity index is 997. The zero-order valence-electron chi connectivity index (χ0n) is 15.8. The number of primary amides is 1. The van der Waals surface area contributed by atoms with Crippen LogP contribution in [0.1, 0.15) is 41.3 Å². The van der Waals surface area contributed by atoms with Crippen LogP contribution in [0.5, 0.6) is 5.75 Å². The van der Waals surface area contributed by atoms with Gasteiger partial charge >= 0.3 is 0 Å². The van der Waals surface area contributed by atoms with Crippen LogP contribution in [0.3, 0.4) is 0 Å². The number of rotatable bonds is 2. The summed E-state index contributed by atoms with van der Waals surface area (Å²) in [5.41, 5.74) is 4.14. The third-order valence-corrected chi connectivity index (χ3v) is 6.76. The van der Waals surface area contributed by atoms with E-state index in [2.05, 4.69) is 0 Å². The molecule has 0 radical (unpaired) electrons. The van der Waals surface area contributed by atoms with Gasteiger partial charge in [0.2, 0.25) is 5.91 Å². The van der Waals surface area contributed by atoms with E-state index in [1.807, 2.05) is 6.92 Å². The molecule has 2 fully saturated rings. The summed E-state index contributed by atoms with van der Waals surface area (Å²) in [6.07, 6.45) is 0.738. The Morgan fingerprint density at radius 1 is 1.17 bits per heavy atom. The fraction of sp³-hybridized carbons (Fsp3) is 0.476. The normalized spacial score (nSPS) is 33.7. The predicted molar refractivity (Wildman–Crippen MR) is 97.9 cm³/mol. The van der Waals surface area contributed by atoms with Crippen LogP contribution in [0.15, 0.2) is 12.1 Å². The fourth-order valence-electron chi connectivity index (χ4n) is 5.36. The van der Waals surface area contributed by atoms with Gasteiger partial charge in [-0.1, -0.05) is 13.0 Å². The van der Waals surface area contributed by atoms with Crippen LogP contribution in [0.4, 0.5) is 0 Å². The van der Waals surface area contributed by atoms with Crippen molar-refractivity contribution in [2.45, 2.75) is 38.2 Å². The van der Waals surface area contributed by atoms with Crippen molar-refractivity contribution in [1.82, 2.24) is 0 Å². The molecular formula is C21H21NO7. The number of amides is 1. The molecule has 0 saturated heterocycles. The van der Waals surface area contributed by atoms with Crippen molar-refractivity contribution >= 4 is 29.0 Å². The summed E-state index contributed by atoms with van der Waals surface area (Å²) >= 11 is 0. The Hall–Kier alpha value is -2.87. The lowest BCUT2D eigenvalue weighted by Gasteiger charge is -2.48. The van der Waals surface area contributed by atoms with Gasteiger partial charge < -0.3 is 15.9 Å². The van der Waals surface area contributed by atoms with Crippen molar-refractivity contribution in [3.63, 3.8) is 0 Å². The summed E-state index contributed by atoms with van der Waals surface area (Å²) in [4.78, 5) is 63.1. The SMILES string of the molecule is CCc1ccc(O)c2c1C[C@H]1C[C@H]3CC(=O)C(C(N)=O)C(=O)[C@@]3(O)C(=O)C1C2=O. The van der Waals surface area contributed by atoms with Gasteiger partial charge in [0.25, 0.3) is 0 Å². The lowest BCUT2D eigenvalue weighted by Crippen LogP contribution is -2.68. The summed E-state index contributed by atoms with van der Waals surface area (Å²) in [6, 6.07) is 3.13. The monoisotopic (exact) mass is 399 g/mol. The van der Waals surface area contributed by atoms with E-state index in [0.717, 1.165) is 5.56 Å². The first-order valence-electron chi connectivity index (χ1n) is 9.63. The van der Waals surface area contributed by atoms with Crippen molar-refractivity contribution in [2.75, 3.05) is 0 Å². The standard InChI is InChI=1S/C21H21NO7/c1-2-8-3-4-12(23)15-11(8)6-9-5-10-7-13(24)16(20(22)28)19(27)21(10,29)18(26)14(9)17(15)25/h3-4,9-10,14,16,23,29H,2,5-7H2,1H3,(H2,22,28)/t9-,10+,14?,16?,21+/m1/s1. The minimum absolute atomic E-state index is 0.0480. The summed E-state index contributed by atoms with van der Waals surface area (Å²) < 4.78 is 0. The highest BCUT2D eigenvalue weighted by molar-refractivity contribution is 6.31. The van der Waals surface area contributed by atoms with E-state index >= 15 is 0 Å². The molecule has 0 spiro atoms. The fourth-order valence-corrected chi connectivity index (χ4v) is 5.36. The summed E-state index contributed by atoms with van der Waals surface area (Å²) in [7, 11) is 0. The van der Waals surface area contributed by atoms with E-state index in [9.17, 15) is 34.2 Å². The Balaban J connectivity index is 1.82. The lowest BCUT2D eigenvalue weighted by molar-refractivity contribution is -0.175. The minimum Gasteiger partial charge on any atom is -0.507 e. The second-order valence-corrected chi connectivity index (χ2v) is 8.19. The molecule has 4 rings (SSSR count). The number of nitrogens with two attached hydrogens (primary N) is 1. The molecule has 4 N–H and O–H groups in total. The molecule has 8 heteroatoms. The van der Waals surface area contributed by atoms with Gasteiger partial charge in [-0.3, -0.25) is 24.0 Å². The largest absolute Gasteiger partial charge is 0.507 e. The zero-order chi connectivity index (χ0) is 21.2. The van der Waals surface area contributed by atoms with Gasteiger partial charge in [0.05, 0.1) is 11.5 Å². The molecule has 2 saturated carbocycles. The zero-order valence-corrected chi connectivity index (χ0v) is 15.8. The first kappa shape index (κ1) is 19.4. The van der Waals surface area contributed by atoms with Gasteiger partial charge in [0.15, 0.2) is 34.7 Å². The van der Waals surface area contributed by atoms with Crippen LogP contribution in [-0.2, 0) is 32.0 Å². The Morgan fingerprint density at radius 3 is 2.48 bits per heavy atom. The number of carbonyl (C=O) groups is 5. The third kappa shape index (κ3) is 2.45. The van der Waals surface area contributed by atoms with Gasteiger partial charge in [-0.05, 0) is 42.4 Å². The van der Waals surface area contributed by atoms with E-state index in [1.54, 1.807) is 6.07 Å². The highest BCUT2D eigenvalue weighted by Crippen LogP contribution is 2.50. The average Bonchev–Trinajstić information content (AvgIpc) is 2.64. The number of aromatic hydroxyl groups is 1. The molecule has 29 heavy (non-hydrogen) atoms. The van der Waals surface area contributed by atoms with Gasteiger partial charge in [-0.15, -0.1) is 0 Å². The Kier molecular flexibility index (Phi) is 4.24. The smallest absolute Gasteiger partial charge is 0.235 e. The van der Waals surface area contributed by atoms with E-state index in [0.29, 0.717) is 18.4 Å². The van der Waals surface area contributed by atoms with Gasteiger partial charge in [-0.2, -0.15) is 0 Å². The highest BCUT2D eigenvalue weighted by atomic mass is 16.3. The minimum atomic E-state index is -2.60. The molecule has 0 heterocycles. The maximum atomic E-state index is 13.3. The number of Topliss-reactive ketones (excluding diaryl/α,β-unsaturated/α-hetero) is 4. The van der Waals surface area contributed by atoms with Crippen LogP contribution in [0.25, 0.3) is 0 Å². The molecule has 1 aromatic carbocycles. The molecule has 5 atom stereocenters. The van der Waals surface area contributed by atoms with Crippen molar-refractivity contribution in [2.24, 2.45) is 29.4 Å². The van der Waals surface area contributed by atoms with Crippen LogP contribution < -0.4 is 5.73 Å².